The summed E-state index contributed by atoms with van der Waals surface area (Å²) in [5.74, 6) is 1.75. The fraction of sp³-hybridized carbons (Fsp3) is 0.400. The molecule has 2 aromatic carbocycles. The third-order valence-corrected chi connectivity index (χ3v) is 4.40. The van der Waals surface area contributed by atoms with E-state index in [-0.39, 0.29) is 12.1 Å². The number of rotatable bonds is 6. The first kappa shape index (κ1) is 17.9. The van der Waals surface area contributed by atoms with Crippen molar-refractivity contribution in [2.24, 2.45) is 0 Å². The molecule has 1 saturated heterocycles. The van der Waals surface area contributed by atoms with Gasteiger partial charge in [0.05, 0.1) is 12.1 Å². The molecule has 0 spiro atoms. The number of nitrogens with one attached hydrogen (secondary N) is 1. The van der Waals surface area contributed by atoms with Crippen LogP contribution in [0.2, 0.25) is 5.02 Å². The highest BCUT2D eigenvalue weighted by Gasteiger charge is 2.23. The topological polar surface area (TPSA) is 33.7 Å². The molecule has 4 nitrogen and oxygen atoms in total. The average Bonchev–Trinajstić information content (AvgIpc) is 2.62. The number of nitrogens with zero attached hydrogens (tertiary/aromatic N) is 1. The minimum Gasteiger partial charge on any atom is -0.491 e. The lowest BCUT2D eigenvalue weighted by Crippen LogP contribution is -2.54. The molecule has 1 aliphatic rings. The largest absolute Gasteiger partial charge is 0.491 e. The molecule has 1 aliphatic heterocycles. The standard InChI is InChI=1S/C20H25ClN2O2/c1-15(2)25-20-9-5-17(6-10-20)23-12-11-22-13-18(23)14-24-19-7-3-16(21)4-8-19/h3-10,15,18,22H,11-14H2,1-2H3. The van der Waals surface area contributed by atoms with E-state index >= 15 is 0 Å². The van der Waals surface area contributed by atoms with Gasteiger partial charge < -0.3 is 19.7 Å². The van der Waals surface area contributed by atoms with Gasteiger partial charge in [0.25, 0.3) is 0 Å². The summed E-state index contributed by atoms with van der Waals surface area (Å²) in [4.78, 5) is 2.39. The van der Waals surface area contributed by atoms with Crippen LogP contribution in [0.1, 0.15) is 13.8 Å². The van der Waals surface area contributed by atoms with Crippen molar-refractivity contribution in [2.45, 2.75) is 26.0 Å². The summed E-state index contributed by atoms with van der Waals surface area (Å²) >= 11 is 5.92. The van der Waals surface area contributed by atoms with Gasteiger partial charge in [0.1, 0.15) is 18.1 Å². The smallest absolute Gasteiger partial charge is 0.119 e. The molecule has 1 unspecified atom stereocenters. The molecule has 1 fully saturated rings. The molecule has 25 heavy (non-hydrogen) atoms. The Kier molecular flexibility index (Phi) is 6.05. The number of hydrogen-bond acceptors (Lipinski definition) is 4. The van der Waals surface area contributed by atoms with E-state index in [2.05, 4.69) is 22.3 Å². The van der Waals surface area contributed by atoms with E-state index in [0.717, 1.165) is 36.2 Å². The summed E-state index contributed by atoms with van der Waals surface area (Å²) in [5.41, 5.74) is 1.20. The van der Waals surface area contributed by atoms with Gasteiger partial charge in [-0.3, -0.25) is 0 Å². The third kappa shape index (κ3) is 5.03. The van der Waals surface area contributed by atoms with Gasteiger partial charge in [0.15, 0.2) is 0 Å². The second kappa shape index (κ2) is 8.45. The van der Waals surface area contributed by atoms with Crippen LogP contribution in [0, 0.1) is 0 Å². The molecule has 0 aromatic heterocycles. The summed E-state index contributed by atoms with van der Waals surface area (Å²) < 4.78 is 11.7. The molecule has 2 aromatic rings. The van der Waals surface area contributed by atoms with Crippen molar-refractivity contribution < 1.29 is 9.47 Å². The number of hydrogen-bond donors (Lipinski definition) is 1. The molecular weight excluding hydrogens is 336 g/mol. The Morgan fingerprint density at radius 3 is 2.44 bits per heavy atom. The fourth-order valence-electron chi connectivity index (χ4n) is 2.96. The SMILES string of the molecule is CC(C)Oc1ccc(N2CCNCC2COc2ccc(Cl)cc2)cc1. The van der Waals surface area contributed by atoms with Crippen molar-refractivity contribution in [1.29, 1.82) is 0 Å². The summed E-state index contributed by atoms with van der Waals surface area (Å²) in [6.45, 7) is 7.53. The first-order valence-corrected chi connectivity index (χ1v) is 9.12. The normalized spacial score (nSPS) is 17.6. The van der Waals surface area contributed by atoms with E-state index in [9.17, 15) is 0 Å². The minimum absolute atomic E-state index is 0.186. The van der Waals surface area contributed by atoms with Crippen LogP contribution in [-0.2, 0) is 0 Å². The summed E-state index contributed by atoms with van der Waals surface area (Å²) in [6.07, 6.45) is 0.186. The van der Waals surface area contributed by atoms with Crippen LogP contribution < -0.4 is 19.7 Å². The zero-order valence-electron chi connectivity index (χ0n) is 14.7. The van der Waals surface area contributed by atoms with Gasteiger partial charge >= 0.3 is 0 Å². The number of benzene rings is 2. The number of halogens is 1. The van der Waals surface area contributed by atoms with Crippen LogP contribution in [0.5, 0.6) is 11.5 Å². The Morgan fingerprint density at radius 1 is 1.08 bits per heavy atom. The fourth-order valence-corrected chi connectivity index (χ4v) is 3.09. The van der Waals surface area contributed by atoms with Crippen molar-refractivity contribution in [3.8, 4) is 11.5 Å². The van der Waals surface area contributed by atoms with Crippen LogP contribution >= 0.6 is 11.6 Å². The second-order valence-electron chi connectivity index (χ2n) is 6.48. The Balaban J connectivity index is 1.64. The van der Waals surface area contributed by atoms with E-state index in [4.69, 9.17) is 21.1 Å². The molecule has 0 amide bonds. The highest BCUT2D eigenvalue weighted by molar-refractivity contribution is 6.30. The Hall–Kier alpha value is -1.91. The lowest BCUT2D eigenvalue weighted by Gasteiger charge is -2.37. The lowest BCUT2D eigenvalue weighted by molar-refractivity contribution is 0.242. The average molecular weight is 361 g/mol. The minimum atomic E-state index is 0.186. The molecule has 0 saturated carbocycles. The van der Waals surface area contributed by atoms with Crippen LogP contribution in [0.4, 0.5) is 5.69 Å². The molecule has 0 aliphatic carbocycles. The Labute approximate surface area is 154 Å². The van der Waals surface area contributed by atoms with Crippen molar-refractivity contribution >= 4 is 17.3 Å². The van der Waals surface area contributed by atoms with E-state index in [1.54, 1.807) is 0 Å². The first-order chi connectivity index (χ1) is 12.1. The van der Waals surface area contributed by atoms with Crippen LogP contribution in [0.15, 0.2) is 48.5 Å². The first-order valence-electron chi connectivity index (χ1n) is 8.74. The molecule has 134 valence electrons. The van der Waals surface area contributed by atoms with Gasteiger partial charge in [-0.1, -0.05) is 11.6 Å². The van der Waals surface area contributed by atoms with Gasteiger partial charge in [-0.2, -0.15) is 0 Å². The van der Waals surface area contributed by atoms with Crippen molar-refractivity contribution in [1.82, 2.24) is 5.32 Å². The monoisotopic (exact) mass is 360 g/mol. The van der Waals surface area contributed by atoms with Crippen LogP contribution in [-0.4, -0.2) is 38.4 Å². The van der Waals surface area contributed by atoms with Gasteiger partial charge in [-0.05, 0) is 62.4 Å². The lowest BCUT2D eigenvalue weighted by atomic mass is 10.1. The maximum Gasteiger partial charge on any atom is 0.119 e. The van der Waals surface area contributed by atoms with E-state index < -0.39 is 0 Å². The highest BCUT2D eigenvalue weighted by Crippen LogP contribution is 2.23. The zero-order valence-corrected chi connectivity index (χ0v) is 15.5. The van der Waals surface area contributed by atoms with Crippen molar-refractivity contribution in [2.75, 3.05) is 31.1 Å². The molecule has 5 heteroatoms. The summed E-state index contributed by atoms with van der Waals surface area (Å²) in [7, 11) is 0. The quantitative estimate of drug-likeness (QED) is 0.844. The predicted molar refractivity (Wildman–Crippen MR) is 103 cm³/mol. The zero-order chi connectivity index (χ0) is 17.6. The van der Waals surface area contributed by atoms with E-state index in [1.807, 2.05) is 50.2 Å². The van der Waals surface area contributed by atoms with E-state index in [0.29, 0.717) is 6.61 Å². The molecular formula is C20H25ClN2O2. The predicted octanol–water partition coefficient (Wildman–Crippen LogP) is 3.98. The maximum absolute atomic E-state index is 5.96. The Bertz CT molecular complexity index is 658. The number of anilines is 1. The molecule has 3 rings (SSSR count). The Morgan fingerprint density at radius 2 is 1.76 bits per heavy atom. The third-order valence-electron chi connectivity index (χ3n) is 4.15. The molecule has 1 heterocycles. The highest BCUT2D eigenvalue weighted by atomic mass is 35.5. The number of ether oxygens (including phenoxy) is 2. The summed E-state index contributed by atoms with van der Waals surface area (Å²) in [6, 6.07) is 16.1. The van der Waals surface area contributed by atoms with Crippen molar-refractivity contribution in [3.05, 3.63) is 53.6 Å². The molecule has 0 radical (unpaired) electrons. The van der Waals surface area contributed by atoms with Gasteiger partial charge in [-0.15, -0.1) is 0 Å². The molecule has 1 atom stereocenters. The van der Waals surface area contributed by atoms with Gasteiger partial charge in [0, 0.05) is 30.3 Å². The van der Waals surface area contributed by atoms with Gasteiger partial charge in [0.2, 0.25) is 0 Å². The number of piperazine rings is 1. The van der Waals surface area contributed by atoms with Crippen molar-refractivity contribution in [3.63, 3.8) is 0 Å². The maximum atomic E-state index is 5.96. The summed E-state index contributed by atoms with van der Waals surface area (Å²) in [5, 5.41) is 4.17. The van der Waals surface area contributed by atoms with Crippen LogP contribution in [0.3, 0.4) is 0 Å². The molecule has 1 N–H and O–H groups in total. The van der Waals surface area contributed by atoms with Gasteiger partial charge in [-0.25, -0.2) is 0 Å². The molecule has 0 bridgehead atoms. The van der Waals surface area contributed by atoms with E-state index in [1.165, 1.54) is 5.69 Å². The van der Waals surface area contributed by atoms with Crippen LogP contribution in [0.25, 0.3) is 0 Å². The second-order valence-corrected chi connectivity index (χ2v) is 6.91.